The van der Waals surface area contributed by atoms with Crippen LogP contribution in [0, 0.1) is 0 Å². The molecule has 0 atom stereocenters. The van der Waals surface area contributed by atoms with Crippen molar-refractivity contribution in [3.8, 4) is 28.6 Å². The van der Waals surface area contributed by atoms with Gasteiger partial charge in [0.25, 0.3) is 5.91 Å². The number of ether oxygens (including phenoxy) is 2. The molecule has 10 heteroatoms. The second kappa shape index (κ2) is 9.54. The lowest BCUT2D eigenvalue weighted by atomic mass is 10.1. The number of furan rings is 1. The van der Waals surface area contributed by atoms with E-state index in [0.29, 0.717) is 46.0 Å². The molecule has 2 aromatic carbocycles. The maximum Gasteiger partial charge on any atom is 0.272 e. The molecular weight excluding hydrogens is 503 g/mol. The summed E-state index contributed by atoms with van der Waals surface area (Å²) in [7, 11) is 0. The van der Waals surface area contributed by atoms with Crippen molar-refractivity contribution < 1.29 is 18.7 Å². The number of amides is 1. The first kappa shape index (κ1) is 23.0. The van der Waals surface area contributed by atoms with E-state index >= 15 is 0 Å². The lowest BCUT2D eigenvalue weighted by Gasteiger charge is -2.34. The monoisotopic (exact) mass is 524 g/mol. The zero-order valence-electron chi connectivity index (χ0n) is 19.2. The molecule has 0 bridgehead atoms. The molecule has 0 N–H and O–H groups in total. The summed E-state index contributed by atoms with van der Waals surface area (Å²) in [5.74, 6) is 2.04. The highest BCUT2D eigenvalue weighted by Crippen LogP contribution is 2.33. The second-order valence-electron chi connectivity index (χ2n) is 8.66. The van der Waals surface area contributed by atoms with Crippen LogP contribution in [0.2, 0.25) is 10.0 Å². The fourth-order valence-electron chi connectivity index (χ4n) is 4.46. The second-order valence-corrected chi connectivity index (χ2v) is 9.47. The third-order valence-corrected chi connectivity index (χ3v) is 7.09. The molecule has 0 aliphatic carbocycles. The van der Waals surface area contributed by atoms with Gasteiger partial charge in [-0.3, -0.25) is 9.69 Å². The van der Waals surface area contributed by atoms with E-state index in [1.807, 2.05) is 23.1 Å². The number of halogens is 2. The van der Waals surface area contributed by atoms with Gasteiger partial charge in [0.05, 0.1) is 22.0 Å². The van der Waals surface area contributed by atoms with Gasteiger partial charge in [0.1, 0.15) is 11.4 Å². The van der Waals surface area contributed by atoms with Crippen LogP contribution in [0.15, 0.2) is 65.3 Å². The SMILES string of the molecule is O=C(c1cc(-c2ccco2)nn1-c1ccc(Cl)c(Cl)c1)N1CCN(Cc2ccc3c(c2)OCO3)CC1. The van der Waals surface area contributed by atoms with Crippen molar-refractivity contribution in [3.05, 3.63) is 82.2 Å². The maximum absolute atomic E-state index is 13.6. The summed E-state index contributed by atoms with van der Waals surface area (Å²) in [5.41, 5.74) is 2.80. The van der Waals surface area contributed by atoms with Crippen LogP contribution in [0.5, 0.6) is 11.5 Å². The number of carbonyl (C=O) groups is 1. The van der Waals surface area contributed by atoms with Gasteiger partial charge in [0.2, 0.25) is 6.79 Å². The normalized spacial score (nSPS) is 15.4. The molecule has 2 aliphatic heterocycles. The number of fused-ring (bicyclic) bond motifs is 1. The first-order chi connectivity index (χ1) is 17.5. The van der Waals surface area contributed by atoms with Gasteiger partial charge in [-0.05, 0) is 48.0 Å². The predicted octanol–water partition coefficient (Wildman–Crippen LogP) is 5.13. The first-order valence-corrected chi connectivity index (χ1v) is 12.3. The number of piperazine rings is 1. The molecule has 1 amide bonds. The van der Waals surface area contributed by atoms with Crippen LogP contribution in [0.1, 0.15) is 16.1 Å². The summed E-state index contributed by atoms with van der Waals surface area (Å²) in [6.07, 6.45) is 1.58. The molecule has 2 aliphatic rings. The Labute approximate surface area is 217 Å². The predicted molar refractivity (Wildman–Crippen MR) is 135 cm³/mol. The number of benzene rings is 2. The molecule has 36 heavy (non-hydrogen) atoms. The summed E-state index contributed by atoms with van der Waals surface area (Å²) in [6, 6.07) is 16.5. The van der Waals surface area contributed by atoms with Crippen molar-refractivity contribution in [1.29, 1.82) is 0 Å². The smallest absolute Gasteiger partial charge is 0.272 e. The zero-order valence-corrected chi connectivity index (χ0v) is 20.7. The van der Waals surface area contributed by atoms with Crippen LogP contribution < -0.4 is 9.47 Å². The van der Waals surface area contributed by atoms with Gasteiger partial charge < -0.3 is 18.8 Å². The molecule has 8 nitrogen and oxygen atoms in total. The fourth-order valence-corrected chi connectivity index (χ4v) is 4.75. The molecule has 0 unspecified atom stereocenters. The van der Waals surface area contributed by atoms with Gasteiger partial charge in [0.15, 0.2) is 17.3 Å². The van der Waals surface area contributed by atoms with Crippen LogP contribution >= 0.6 is 23.2 Å². The quantitative estimate of drug-likeness (QED) is 0.360. The Morgan fingerprint density at radius 2 is 1.75 bits per heavy atom. The van der Waals surface area contributed by atoms with Gasteiger partial charge in [-0.25, -0.2) is 4.68 Å². The lowest BCUT2D eigenvalue weighted by molar-refractivity contribution is 0.0619. The summed E-state index contributed by atoms with van der Waals surface area (Å²) in [4.78, 5) is 17.8. The molecule has 1 saturated heterocycles. The van der Waals surface area contributed by atoms with E-state index in [2.05, 4.69) is 16.1 Å². The molecule has 0 saturated carbocycles. The van der Waals surface area contributed by atoms with E-state index in [4.69, 9.17) is 37.1 Å². The van der Waals surface area contributed by atoms with E-state index in [0.717, 1.165) is 36.7 Å². The van der Waals surface area contributed by atoms with Gasteiger partial charge in [-0.1, -0.05) is 29.3 Å². The van der Waals surface area contributed by atoms with Crippen molar-refractivity contribution in [3.63, 3.8) is 0 Å². The van der Waals surface area contributed by atoms with Crippen molar-refractivity contribution in [2.24, 2.45) is 0 Å². The van der Waals surface area contributed by atoms with Gasteiger partial charge in [-0.15, -0.1) is 0 Å². The molecule has 184 valence electrons. The molecule has 0 spiro atoms. The largest absolute Gasteiger partial charge is 0.463 e. The van der Waals surface area contributed by atoms with Gasteiger partial charge >= 0.3 is 0 Å². The van der Waals surface area contributed by atoms with Crippen molar-refractivity contribution in [2.45, 2.75) is 6.54 Å². The number of carbonyl (C=O) groups excluding carboxylic acids is 1. The van der Waals surface area contributed by atoms with Crippen LogP contribution in [0.3, 0.4) is 0 Å². The molecule has 0 radical (unpaired) electrons. The van der Waals surface area contributed by atoms with Crippen molar-refractivity contribution >= 4 is 29.1 Å². The highest BCUT2D eigenvalue weighted by Gasteiger charge is 2.27. The standard InChI is InChI=1S/C26H22Cl2N4O4/c27-19-5-4-18(13-20(19)28)32-22(14-21(29-32)23-2-1-11-34-23)26(33)31-9-7-30(8-10-31)15-17-3-6-24-25(12-17)36-16-35-24/h1-6,11-14H,7-10,15-16H2. The highest BCUT2D eigenvalue weighted by atomic mass is 35.5. The fraction of sp³-hybridized carbons (Fsp3) is 0.231. The molecule has 6 rings (SSSR count). The highest BCUT2D eigenvalue weighted by molar-refractivity contribution is 6.42. The zero-order chi connectivity index (χ0) is 24.6. The Morgan fingerprint density at radius 3 is 2.53 bits per heavy atom. The molecule has 4 aromatic rings. The van der Waals surface area contributed by atoms with Gasteiger partial charge in [-0.2, -0.15) is 5.10 Å². The summed E-state index contributed by atoms with van der Waals surface area (Å²) in [5, 5.41) is 5.47. The van der Waals surface area contributed by atoms with Gasteiger partial charge in [0, 0.05) is 38.8 Å². The van der Waals surface area contributed by atoms with Crippen LogP contribution in [0.25, 0.3) is 17.1 Å². The molecular formula is C26H22Cl2N4O4. The van der Waals surface area contributed by atoms with Crippen LogP contribution in [0.4, 0.5) is 0 Å². The Kier molecular flexibility index (Phi) is 6.08. The summed E-state index contributed by atoms with van der Waals surface area (Å²) < 4.78 is 18.0. The number of rotatable bonds is 5. The third kappa shape index (κ3) is 4.43. The third-order valence-electron chi connectivity index (χ3n) is 6.35. The Hall–Kier alpha value is -3.46. The maximum atomic E-state index is 13.6. The molecule has 1 fully saturated rings. The lowest BCUT2D eigenvalue weighted by Crippen LogP contribution is -2.48. The van der Waals surface area contributed by atoms with E-state index in [1.54, 1.807) is 41.3 Å². The van der Waals surface area contributed by atoms with E-state index in [-0.39, 0.29) is 12.7 Å². The summed E-state index contributed by atoms with van der Waals surface area (Å²) >= 11 is 12.4. The topological polar surface area (TPSA) is 73.0 Å². The van der Waals surface area contributed by atoms with Crippen molar-refractivity contribution in [1.82, 2.24) is 19.6 Å². The Balaban J connectivity index is 1.20. The minimum absolute atomic E-state index is 0.103. The molecule has 4 heterocycles. The Morgan fingerprint density at radius 1 is 0.917 bits per heavy atom. The van der Waals surface area contributed by atoms with Crippen molar-refractivity contribution in [2.75, 3.05) is 33.0 Å². The molecule has 2 aromatic heterocycles. The minimum Gasteiger partial charge on any atom is -0.463 e. The van der Waals surface area contributed by atoms with E-state index in [1.165, 1.54) is 0 Å². The first-order valence-electron chi connectivity index (χ1n) is 11.5. The minimum atomic E-state index is -0.103. The number of hydrogen-bond acceptors (Lipinski definition) is 6. The Bertz CT molecular complexity index is 1410. The van der Waals surface area contributed by atoms with E-state index < -0.39 is 0 Å². The average Bonchev–Trinajstić information content (AvgIpc) is 3.66. The number of nitrogens with zero attached hydrogens (tertiary/aromatic N) is 4. The van der Waals surface area contributed by atoms with Crippen LogP contribution in [-0.2, 0) is 6.54 Å². The van der Waals surface area contributed by atoms with E-state index in [9.17, 15) is 4.79 Å². The van der Waals surface area contributed by atoms with Crippen LogP contribution in [-0.4, -0.2) is 58.5 Å². The number of hydrogen-bond donors (Lipinski definition) is 0. The summed E-state index contributed by atoms with van der Waals surface area (Å²) in [6.45, 7) is 3.76. The average molecular weight is 525 g/mol. The number of aromatic nitrogens is 2.